The van der Waals surface area contributed by atoms with E-state index in [4.69, 9.17) is 0 Å². The minimum Gasteiger partial charge on any atom is -0.468 e. The Hall–Kier alpha value is -1.84. The number of amides is 1. The first-order valence-electron chi connectivity index (χ1n) is 4.59. The summed E-state index contributed by atoms with van der Waals surface area (Å²) in [7, 11) is 1.33. The van der Waals surface area contributed by atoms with Gasteiger partial charge in [-0.15, -0.1) is 0 Å². The summed E-state index contributed by atoms with van der Waals surface area (Å²) in [4.78, 5) is 21.6. The van der Waals surface area contributed by atoms with Crippen LogP contribution in [-0.2, 0) is 14.3 Å². The zero-order chi connectivity index (χ0) is 11.1. The summed E-state index contributed by atoms with van der Waals surface area (Å²) >= 11 is 0. The number of esters is 1. The van der Waals surface area contributed by atoms with Crippen LogP contribution in [0.15, 0.2) is 30.3 Å². The standard InChI is InChI=1S/C11H13NO3/c1-15-11(14)10(7-12-8-13)9-5-3-2-4-6-9/h2-6,8,10H,7H2,1H3,(H,12,13). The predicted octanol–water partition coefficient (Wildman–Crippen LogP) is 0.689. The number of hydrogen-bond acceptors (Lipinski definition) is 3. The van der Waals surface area contributed by atoms with Crippen LogP contribution in [0.5, 0.6) is 0 Å². The van der Waals surface area contributed by atoms with Crippen LogP contribution < -0.4 is 5.32 Å². The van der Waals surface area contributed by atoms with E-state index in [1.54, 1.807) is 0 Å². The average molecular weight is 207 g/mol. The van der Waals surface area contributed by atoms with Crippen molar-refractivity contribution in [3.05, 3.63) is 35.9 Å². The molecule has 0 bridgehead atoms. The second kappa shape index (κ2) is 5.80. The fourth-order valence-corrected chi connectivity index (χ4v) is 1.33. The van der Waals surface area contributed by atoms with Gasteiger partial charge in [0.15, 0.2) is 0 Å². The molecule has 0 aromatic heterocycles. The quantitative estimate of drug-likeness (QED) is 0.571. The maximum absolute atomic E-state index is 11.4. The van der Waals surface area contributed by atoms with Gasteiger partial charge < -0.3 is 10.1 Å². The van der Waals surface area contributed by atoms with Gasteiger partial charge in [-0.05, 0) is 5.56 Å². The van der Waals surface area contributed by atoms with Crippen LogP contribution in [0.2, 0.25) is 0 Å². The fraction of sp³-hybridized carbons (Fsp3) is 0.273. The van der Waals surface area contributed by atoms with Crippen LogP contribution in [-0.4, -0.2) is 26.0 Å². The van der Waals surface area contributed by atoms with Crippen molar-refractivity contribution in [2.24, 2.45) is 0 Å². The lowest BCUT2D eigenvalue weighted by atomic mass is 9.99. The molecule has 0 saturated heterocycles. The Morgan fingerprint density at radius 2 is 2.13 bits per heavy atom. The molecule has 1 atom stereocenters. The zero-order valence-corrected chi connectivity index (χ0v) is 8.47. The summed E-state index contributed by atoms with van der Waals surface area (Å²) in [6, 6.07) is 9.20. The highest BCUT2D eigenvalue weighted by Gasteiger charge is 2.20. The molecule has 0 aliphatic heterocycles. The Morgan fingerprint density at radius 3 is 2.67 bits per heavy atom. The minimum absolute atomic E-state index is 0.250. The number of nitrogens with one attached hydrogen (secondary N) is 1. The molecule has 1 unspecified atom stereocenters. The number of methoxy groups -OCH3 is 1. The van der Waals surface area contributed by atoms with Crippen molar-refractivity contribution in [2.45, 2.75) is 5.92 Å². The predicted molar refractivity (Wildman–Crippen MR) is 55.3 cm³/mol. The van der Waals surface area contributed by atoms with Gasteiger partial charge in [-0.3, -0.25) is 9.59 Å². The van der Waals surface area contributed by atoms with Gasteiger partial charge in [0.05, 0.1) is 13.0 Å². The molecule has 1 rings (SSSR count). The van der Waals surface area contributed by atoms with Crippen molar-refractivity contribution in [1.82, 2.24) is 5.32 Å². The molecule has 1 amide bonds. The molecule has 1 aromatic rings. The molecule has 0 saturated carbocycles. The molecule has 0 radical (unpaired) electrons. The van der Waals surface area contributed by atoms with Crippen molar-refractivity contribution in [3.8, 4) is 0 Å². The third-order valence-corrected chi connectivity index (χ3v) is 2.09. The SMILES string of the molecule is COC(=O)C(CNC=O)c1ccccc1. The first kappa shape index (κ1) is 11.2. The lowest BCUT2D eigenvalue weighted by molar-refractivity contribution is -0.142. The zero-order valence-electron chi connectivity index (χ0n) is 8.47. The molecule has 1 N–H and O–H groups in total. The van der Waals surface area contributed by atoms with Crippen molar-refractivity contribution in [3.63, 3.8) is 0 Å². The van der Waals surface area contributed by atoms with Crippen molar-refractivity contribution < 1.29 is 14.3 Å². The van der Waals surface area contributed by atoms with E-state index >= 15 is 0 Å². The number of benzene rings is 1. The van der Waals surface area contributed by atoms with Crippen molar-refractivity contribution in [2.75, 3.05) is 13.7 Å². The van der Waals surface area contributed by atoms with E-state index < -0.39 is 5.92 Å². The molecule has 0 aliphatic carbocycles. The van der Waals surface area contributed by atoms with Crippen LogP contribution in [0.4, 0.5) is 0 Å². The molecule has 4 nitrogen and oxygen atoms in total. The molecular formula is C11H13NO3. The Morgan fingerprint density at radius 1 is 1.47 bits per heavy atom. The maximum Gasteiger partial charge on any atom is 0.314 e. The Bertz CT molecular complexity index is 324. The van der Waals surface area contributed by atoms with E-state index in [9.17, 15) is 9.59 Å². The summed E-state index contributed by atoms with van der Waals surface area (Å²) < 4.78 is 4.67. The normalized spacial score (nSPS) is 11.5. The molecule has 0 fully saturated rings. The van der Waals surface area contributed by atoms with Gasteiger partial charge in [0.2, 0.25) is 6.41 Å². The number of ether oxygens (including phenoxy) is 1. The molecule has 80 valence electrons. The summed E-state index contributed by atoms with van der Waals surface area (Å²) in [6.07, 6.45) is 0.568. The summed E-state index contributed by atoms with van der Waals surface area (Å²) in [5.41, 5.74) is 0.832. The minimum atomic E-state index is -0.443. The van der Waals surface area contributed by atoms with Gasteiger partial charge in [-0.25, -0.2) is 0 Å². The molecule has 0 heterocycles. The first-order valence-corrected chi connectivity index (χ1v) is 4.59. The number of hydrogen-bond donors (Lipinski definition) is 1. The molecule has 15 heavy (non-hydrogen) atoms. The second-order valence-electron chi connectivity index (χ2n) is 3.01. The van der Waals surface area contributed by atoms with Crippen molar-refractivity contribution in [1.29, 1.82) is 0 Å². The Kier molecular flexibility index (Phi) is 4.34. The lowest BCUT2D eigenvalue weighted by Gasteiger charge is -2.13. The number of carbonyl (C=O) groups is 2. The second-order valence-corrected chi connectivity index (χ2v) is 3.01. The largest absolute Gasteiger partial charge is 0.468 e. The molecule has 0 spiro atoms. The first-order chi connectivity index (χ1) is 7.29. The van der Waals surface area contributed by atoms with Gasteiger partial charge in [-0.2, -0.15) is 0 Å². The summed E-state index contributed by atoms with van der Waals surface area (Å²) in [5, 5.41) is 2.48. The average Bonchev–Trinajstić information content (AvgIpc) is 2.30. The smallest absolute Gasteiger partial charge is 0.314 e. The van der Waals surface area contributed by atoms with Crippen LogP contribution in [0.1, 0.15) is 11.5 Å². The van der Waals surface area contributed by atoms with Gasteiger partial charge >= 0.3 is 5.97 Å². The number of rotatable bonds is 5. The van der Waals surface area contributed by atoms with Gasteiger partial charge in [-0.1, -0.05) is 30.3 Å². The lowest BCUT2D eigenvalue weighted by Crippen LogP contribution is -2.26. The maximum atomic E-state index is 11.4. The van der Waals surface area contributed by atoms with Crippen LogP contribution >= 0.6 is 0 Å². The third kappa shape index (κ3) is 3.09. The van der Waals surface area contributed by atoms with Crippen LogP contribution in [0.3, 0.4) is 0 Å². The topological polar surface area (TPSA) is 55.4 Å². The highest BCUT2D eigenvalue weighted by molar-refractivity contribution is 5.78. The molecule has 4 heteroatoms. The van der Waals surface area contributed by atoms with Gasteiger partial charge in [0.25, 0.3) is 0 Å². The van der Waals surface area contributed by atoms with Gasteiger partial charge in [0, 0.05) is 6.54 Å². The fourth-order valence-electron chi connectivity index (χ4n) is 1.33. The van der Waals surface area contributed by atoms with Crippen LogP contribution in [0.25, 0.3) is 0 Å². The van der Waals surface area contributed by atoms with E-state index in [0.29, 0.717) is 6.41 Å². The van der Waals surface area contributed by atoms with E-state index in [0.717, 1.165) is 5.56 Å². The highest BCUT2D eigenvalue weighted by Crippen LogP contribution is 2.15. The van der Waals surface area contributed by atoms with E-state index in [2.05, 4.69) is 10.1 Å². The Balaban J connectivity index is 2.81. The van der Waals surface area contributed by atoms with Gasteiger partial charge in [0.1, 0.15) is 0 Å². The van der Waals surface area contributed by atoms with Crippen molar-refractivity contribution >= 4 is 12.4 Å². The molecule has 0 aliphatic rings. The third-order valence-electron chi connectivity index (χ3n) is 2.09. The summed E-state index contributed by atoms with van der Waals surface area (Å²) in [5.74, 6) is -0.794. The highest BCUT2D eigenvalue weighted by atomic mass is 16.5. The van der Waals surface area contributed by atoms with E-state index in [-0.39, 0.29) is 12.5 Å². The Labute approximate surface area is 88.2 Å². The number of carbonyl (C=O) groups excluding carboxylic acids is 2. The van der Waals surface area contributed by atoms with E-state index in [1.165, 1.54) is 7.11 Å². The monoisotopic (exact) mass is 207 g/mol. The summed E-state index contributed by atoms with van der Waals surface area (Å²) in [6.45, 7) is 0.250. The molecule has 1 aromatic carbocycles. The van der Waals surface area contributed by atoms with E-state index in [1.807, 2.05) is 30.3 Å². The molecular weight excluding hydrogens is 194 g/mol. The van der Waals surface area contributed by atoms with Crippen LogP contribution in [0, 0.1) is 0 Å².